The van der Waals surface area contributed by atoms with Gasteiger partial charge in [-0.15, -0.1) is 0 Å². The van der Waals surface area contributed by atoms with Gasteiger partial charge in [0.25, 0.3) is 0 Å². The Morgan fingerprint density at radius 3 is 2.58 bits per heavy atom. The molecule has 1 atom stereocenters. The Morgan fingerprint density at radius 2 is 2.16 bits per heavy atom. The van der Waals surface area contributed by atoms with Gasteiger partial charge in [-0.2, -0.15) is 0 Å². The number of halogens is 1. The fraction of sp³-hybridized carbons (Fsp3) is 0.333. The molecule has 1 unspecified atom stereocenters. The lowest BCUT2D eigenvalue weighted by Crippen LogP contribution is -2.23. The molecule has 7 heteroatoms. The lowest BCUT2D eigenvalue weighted by Gasteiger charge is -2.19. The van der Waals surface area contributed by atoms with Gasteiger partial charge in [-0.3, -0.25) is 9.59 Å². The van der Waals surface area contributed by atoms with E-state index in [4.69, 9.17) is 22.1 Å². The van der Waals surface area contributed by atoms with E-state index >= 15 is 0 Å². The van der Waals surface area contributed by atoms with E-state index in [0.29, 0.717) is 5.75 Å². The van der Waals surface area contributed by atoms with Crippen molar-refractivity contribution in [2.24, 2.45) is 5.73 Å². The molecule has 6 nitrogen and oxygen atoms in total. The van der Waals surface area contributed by atoms with Crippen LogP contribution in [0, 0.1) is 0 Å². The Bertz CT molecular complexity index is 505. The molecule has 1 rings (SSSR count). The molecule has 0 spiro atoms. The number of methoxy groups -OCH3 is 1. The molecule has 0 saturated heterocycles. The van der Waals surface area contributed by atoms with Crippen LogP contribution in [-0.2, 0) is 9.59 Å². The first-order valence-electron chi connectivity index (χ1n) is 5.49. The Labute approximate surface area is 115 Å². The first-order chi connectivity index (χ1) is 8.92. The number of nitrogens with one attached hydrogen (secondary N) is 1. The van der Waals surface area contributed by atoms with Crippen LogP contribution in [0.1, 0.15) is 18.4 Å². The molecule has 1 aromatic carbocycles. The molecule has 4 N–H and O–H groups in total. The smallest absolute Gasteiger partial charge is 0.312 e. The fourth-order valence-electron chi connectivity index (χ4n) is 1.73. The molecule has 1 amide bonds. The second-order valence-corrected chi connectivity index (χ2v) is 4.25. The van der Waals surface area contributed by atoms with Crippen LogP contribution in [0.2, 0.25) is 5.02 Å². The average molecular weight is 287 g/mol. The number of aliphatic carboxylic acids is 1. The lowest BCUT2D eigenvalue weighted by atomic mass is 9.96. The minimum absolute atomic E-state index is 0.144. The summed E-state index contributed by atoms with van der Waals surface area (Å²) in [6.07, 6.45) is 0. The van der Waals surface area contributed by atoms with Gasteiger partial charge in [-0.25, -0.2) is 0 Å². The molecule has 0 bridgehead atoms. The number of benzene rings is 1. The standard InChI is InChI=1S/C12H15ClN2O4/c1-6(16)15-11-9(19-2)4-3-8(13)10(11)7(5-14)12(17)18/h3-4,7H,5,14H2,1-2H3,(H,15,16)(H,17,18). The van der Waals surface area contributed by atoms with E-state index in [-0.39, 0.29) is 28.7 Å². The third-order valence-electron chi connectivity index (χ3n) is 2.56. The maximum atomic E-state index is 11.2. The van der Waals surface area contributed by atoms with E-state index in [0.717, 1.165) is 0 Å². The van der Waals surface area contributed by atoms with Crippen LogP contribution in [0.25, 0.3) is 0 Å². The summed E-state index contributed by atoms with van der Waals surface area (Å²) in [7, 11) is 1.41. The Balaban J connectivity index is 3.49. The predicted molar refractivity (Wildman–Crippen MR) is 71.7 cm³/mol. The van der Waals surface area contributed by atoms with Gasteiger partial charge in [0.1, 0.15) is 5.75 Å². The van der Waals surface area contributed by atoms with Crippen molar-refractivity contribution in [3.8, 4) is 5.75 Å². The van der Waals surface area contributed by atoms with Crippen molar-refractivity contribution in [1.82, 2.24) is 0 Å². The van der Waals surface area contributed by atoms with E-state index in [1.54, 1.807) is 6.07 Å². The number of hydrogen-bond donors (Lipinski definition) is 3. The second-order valence-electron chi connectivity index (χ2n) is 3.85. The van der Waals surface area contributed by atoms with Crippen molar-refractivity contribution in [2.45, 2.75) is 12.8 Å². The Morgan fingerprint density at radius 1 is 1.53 bits per heavy atom. The largest absolute Gasteiger partial charge is 0.495 e. The van der Waals surface area contributed by atoms with E-state index in [1.165, 1.54) is 20.1 Å². The molecular weight excluding hydrogens is 272 g/mol. The van der Waals surface area contributed by atoms with Crippen LogP contribution in [-0.4, -0.2) is 30.6 Å². The number of carboxylic acids is 1. The molecule has 19 heavy (non-hydrogen) atoms. The zero-order valence-corrected chi connectivity index (χ0v) is 11.3. The summed E-state index contributed by atoms with van der Waals surface area (Å²) in [5, 5.41) is 11.9. The normalized spacial score (nSPS) is 11.8. The van der Waals surface area contributed by atoms with Crippen molar-refractivity contribution in [3.63, 3.8) is 0 Å². The lowest BCUT2D eigenvalue weighted by molar-refractivity contribution is -0.138. The molecule has 0 radical (unpaired) electrons. The van der Waals surface area contributed by atoms with Gasteiger partial charge in [0, 0.05) is 24.1 Å². The van der Waals surface area contributed by atoms with E-state index < -0.39 is 11.9 Å². The Kier molecular flexibility index (Phi) is 5.14. The molecule has 1 aromatic rings. The van der Waals surface area contributed by atoms with Crippen LogP contribution < -0.4 is 15.8 Å². The number of anilines is 1. The van der Waals surface area contributed by atoms with E-state index in [2.05, 4.69) is 5.32 Å². The van der Waals surface area contributed by atoms with Crippen molar-refractivity contribution >= 4 is 29.2 Å². The monoisotopic (exact) mass is 286 g/mol. The summed E-state index contributed by atoms with van der Waals surface area (Å²) >= 11 is 6.03. The highest BCUT2D eigenvalue weighted by Crippen LogP contribution is 2.38. The van der Waals surface area contributed by atoms with Gasteiger partial charge >= 0.3 is 5.97 Å². The zero-order valence-electron chi connectivity index (χ0n) is 10.6. The number of nitrogens with two attached hydrogens (primary N) is 1. The van der Waals surface area contributed by atoms with Crippen LogP contribution in [0.5, 0.6) is 5.75 Å². The van der Waals surface area contributed by atoms with Crippen molar-refractivity contribution in [1.29, 1.82) is 0 Å². The summed E-state index contributed by atoms with van der Waals surface area (Å²) < 4.78 is 5.11. The topological polar surface area (TPSA) is 102 Å². The maximum Gasteiger partial charge on any atom is 0.312 e. The average Bonchev–Trinajstić information content (AvgIpc) is 2.33. The molecule has 0 aromatic heterocycles. The van der Waals surface area contributed by atoms with Gasteiger partial charge in [-0.1, -0.05) is 11.6 Å². The molecule has 0 aliphatic heterocycles. The van der Waals surface area contributed by atoms with Crippen molar-refractivity contribution < 1.29 is 19.4 Å². The molecule has 0 fully saturated rings. The van der Waals surface area contributed by atoms with Crippen LogP contribution in [0.4, 0.5) is 5.69 Å². The fourth-order valence-corrected chi connectivity index (χ4v) is 2.02. The highest BCUT2D eigenvalue weighted by Gasteiger charge is 2.26. The first kappa shape index (κ1) is 15.3. The van der Waals surface area contributed by atoms with E-state index in [1.807, 2.05) is 0 Å². The number of rotatable bonds is 5. The van der Waals surface area contributed by atoms with E-state index in [9.17, 15) is 14.7 Å². The summed E-state index contributed by atoms with van der Waals surface area (Å²) in [6, 6.07) is 3.05. The third kappa shape index (κ3) is 3.36. The number of hydrogen-bond acceptors (Lipinski definition) is 4. The molecule has 0 saturated carbocycles. The van der Waals surface area contributed by atoms with Gasteiger partial charge in [0.2, 0.25) is 5.91 Å². The van der Waals surface area contributed by atoms with Crippen LogP contribution in [0.15, 0.2) is 12.1 Å². The molecule has 0 aliphatic rings. The summed E-state index contributed by atoms with van der Waals surface area (Å²) in [5.41, 5.74) is 5.95. The van der Waals surface area contributed by atoms with Crippen LogP contribution >= 0.6 is 11.6 Å². The summed E-state index contributed by atoms with van der Waals surface area (Å²) in [5.74, 6) is -2.18. The highest BCUT2D eigenvalue weighted by atomic mass is 35.5. The van der Waals surface area contributed by atoms with Gasteiger partial charge < -0.3 is 20.9 Å². The highest BCUT2D eigenvalue weighted by molar-refractivity contribution is 6.32. The summed E-state index contributed by atoms with van der Waals surface area (Å²) in [6.45, 7) is 1.16. The van der Waals surface area contributed by atoms with Gasteiger partial charge in [0.05, 0.1) is 18.7 Å². The Hall–Kier alpha value is -1.79. The third-order valence-corrected chi connectivity index (χ3v) is 2.89. The molecule has 0 aliphatic carbocycles. The number of ether oxygens (including phenoxy) is 1. The number of carbonyl (C=O) groups is 2. The molecule has 0 heterocycles. The quantitative estimate of drug-likeness (QED) is 0.760. The molecular formula is C12H15ClN2O4. The summed E-state index contributed by atoms with van der Waals surface area (Å²) in [4.78, 5) is 22.5. The minimum atomic E-state index is -1.12. The van der Waals surface area contributed by atoms with Crippen molar-refractivity contribution in [3.05, 3.63) is 22.7 Å². The van der Waals surface area contributed by atoms with Gasteiger partial charge in [0.15, 0.2) is 0 Å². The minimum Gasteiger partial charge on any atom is -0.495 e. The molecule has 104 valence electrons. The number of carboxylic acid groups (broad SMARTS) is 1. The maximum absolute atomic E-state index is 11.2. The van der Waals surface area contributed by atoms with Crippen LogP contribution in [0.3, 0.4) is 0 Å². The number of carbonyl (C=O) groups excluding carboxylic acids is 1. The van der Waals surface area contributed by atoms with Crippen molar-refractivity contribution in [2.75, 3.05) is 19.0 Å². The SMILES string of the molecule is COc1ccc(Cl)c(C(CN)C(=O)O)c1NC(C)=O. The first-order valence-corrected chi connectivity index (χ1v) is 5.87. The van der Waals surface area contributed by atoms with Gasteiger partial charge in [-0.05, 0) is 12.1 Å². The second kappa shape index (κ2) is 6.40. The number of amides is 1. The predicted octanol–water partition coefficient (Wildman–Crippen LogP) is 1.43. The zero-order chi connectivity index (χ0) is 14.6.